The van der Waals surface area contributed by atoms with Crippen LogP contribution in [0.15, 0.2) is 30.3 Å². The summed E-state index contributed by atoms with van der Waals surface area (Å²) in [7, 11) is 1.37. The van der Waals surface area contributed by atoms with Crippen LogP contribution < -0.4 is 5.32 Å². The Bertz CT molecular complexity index is 511. The van der Waals surface area contributed by atoms with E-state index in [4.69, 9.17) is 9.57 Å². The first-order valence-corrected chi connectivity index (χ1v) is 6.55. The Morgan fingerprint density at radius 1 is 1.50 bits per heavy atom. The highest BCUT2D eigenvalue weighted by Gasteiger charge is 2.53. The number of rotatable bonds is 5. The molecule has 3 rings (SSSR count). The zero-order valence-corrected chi connectivity index (χ0v) is 11.1. The molecule has 0 aliphatic carbocycles. The van der Waals surface area contributed by atoms with E-state index in [9.17, 15) is 9.59 Å². The Morgan fingerprint density at radius 2 is 2.20 bits per heavy atom. The topological polar surface area (TPSA) is 70.9 Å². The number of benzene rings is 1. The van der Waals surface area contributed by atoms with Crippen molar-refractivity contribution in [2.24, 2.45) is 0 Å². The SMILES string of the molecule is COC(=O)[C@H](Cc1ccccc1)N1OC1[C@@H]1CC(=O)N1. The van der Waals surface area contributed by atoms with Gasteiger partial charge in [-0.25, -0.2) is 0 Å². The smallest absolute Gasteiger partial charge is 0.325 e. The normalized spacial score (nSPS) is 29.1. The zero-order valence-electron chi connectivity index (χ0n) is 11.1. The van der Waals surface area contributed by atoms with Gasteiger partial charge >= 0.3 is 5.97 Å². The molecule has 2 aliphatic rings. The van der Waals surface area contributed by atoms with E-state index in [1.54, 1.807) is 5.06 Å². The summed E-state index contributed by atoms with van der Waals surface area (Å²) in [5.74, 6) is -0.315. The molecule has 106 valence electrons. The fraction of sp³-hybridized carbons (Fsp3) is 0.429. The van der Waals surface area contributed by atoms with Gasteiger partial charge in [0.1, 0.15) is 6.04 Å². The number of methoxy groups -OCH3 is 1. The fourth-order valence-corrected chi connectivity index (χ4v) is 2.41. The van der Waals surface area contributed by atoms with Crippen LogP contribution in [0.5, 0.6) is 0 Å². The predicted octanol–water partition coefficient (Wildman–Crippen LogP) is 0.232. The van der Waals surface area contributed by atoms with Gasteiger partial charge in [-0.1, -0.05) is 30.3 Å². The largest absolute Gasteiger partial charge is 0.468 e. The Kier molecular flexibility index (Phi) is 3.42. The van der Waals surface area contributed by atoms with Crippen molar-refractivity contribution in [1.82, 2.24) is 10.4 Å². The third kappa shape index (κ3) is 2.52. The lowest BCUT2D eigenvalue weighted by molar-refractivity contribution is -0.147. The van der Waals surface area contributed by atoms with Crippen molar-refractivity contribution in [3.8, 4) is 0 Å². The molecule has 2 fully saturated rings. The number of β-lactam (4-membered cyclic amide) rings is 1. The Balaban J connectivity index is 1.65. The lowest BCUT2D eigenvalue weighted by atomic mass is 10.0. The van der Waals surface area contributed by atoms with Gasteiger partial charge in [-0.2, -0.15) is 0 Å². The summed E-state index contributed by atoms with van der Waals surface area (Å²) in [6.45, 7) is 0. The average molecular weight is 276 g/mol. The molecule has 6 nitrogen and oxygen atoms in total. The monoisotopic (exact) mass is 276 g/mol. The van der Waals surface area contributed by atoms with Crippen molar-refractivity contribution in [3.05, 3.63) is 35.9 Å². The highest BCUT2D eigenvalue weighted by molar-refractivity contribution is 5.83. The van der Waals surface area contributed by atoms with E-state index in [0.717, 1.165) is 5.56 Å². The van der Waals surface area contributed by atoms with Gasteiger partial charge < -0.3 is 10.1 Å². The number of nitrogens with zero attached hydrogens (tertiary/aromatic N) is 1. The van der Waals surface area contributed by atoms with Crippen LogP contribution in [0.25, 0.3) is 0 Å². The lowest BCUT2D eigenvalue weighted by Gasteiger charge is -2.25. The second-order valence-corrected chi connectivity index (χ2v) is 4.96. The van der Waals surface area contributed by atoms with Gasteiger partial charge in [0.2, 0.25) is 5.91 Å². The molecule has 4 atom stereocenters. The van der Waals surface area contributed by atoms with Crippen molar-refractivity contribution in [1.29, 1.82) is 0 Å². The summed E-state index contributed by atoms with van der Waals surface area (Å²) in [5, 5.41) is 4.37. The lowest BCUT2D eigenvalue weighted by Crippen LogP contribution is -2.53. The molecule has 2 unspecified atom stereocenters. The van der Waals surface area contributed by atoms with Crippen molar-refractivity contribution in [2.75, 3.05) is 7.11 Å². The van der Waals surface area contributed by atoms with Crippen LogP contribution in [0.3, 0.4) is 0 Å². The third-order valence-electron chi connectivity index (χ3n) is 3.58. The number of ether oxygens (including phenoxy) is 1. The highest BCUT2D eigenvalue weighted by Crippen LogP contribution is 2.32. The minimum atomic E-state index is -0.482. The second kappa shape index (κ2) is 5.22. The number of carbonyl (C=O) groups excluding carboxylic acids is 2. The van der Waals surface area contributed by atoms with Crippen LogP contribution in [0.2, 0.25) is 0 Å². The maximum absolute atomic E-state index is 11.9. The molecule has 0 spiro atoms. The first-order valence-electron chi connectivity index (χ1n) is 6.55. The molecule has 20 heavy (non-hydrogen) atoms. The number of hydrogen-bond acceptors (Lipinski definition) is 5. The van der Waals surface area contributed by atoms with Crippen molar-refractivity contribution < 1.29 is 19.2 Å². The minimum Gasteiger partial charge on any atom is -0.468 e. The summed E-state index contributed by atoms with van der Waals surface area (Å²) in [4.78, 5) is 28.3. The van der Waals surface area contributed by atoms with Crippen molar-refractivity contribution >= 4 is 11.9 Å². The Morgan fingerprint density at radius 3 is 2.80 bits per heavy atom. The van der Waals surface area contributed by atoms with E-state index < -0.39 is 6.04 Å². The van der Waals surface area contributed by atoms with Gasteiger partial charge in [0.05, 0.1) is 19.6 Å². The average Bonchev–Trinajstić information content (AvgIpc) is 3.21. The molecule has 0 aromatic heterocycles. The van der Waals surface area contributed by atoms with Crippen LogP contribution in [-0.2, 0) is 25.6 Å². The summed E-state index contributed by atoms with van der Waals surface area (Å²) in [6, 6.07) is 9.19. The van der Waals surface area contributed by atoms with Gasteiger partial charge in [0.15, 0.2) is 6.23 Å². The Hall–Kier alpha value is -1.92. The molecule has 1 amide bonds. The van der Waals surface area contributed by atoms with Crippen LogP contribution in [-0.4, -0.2) is 42.4 Å². The summed E-state index contributed by atoms with van der Waals surface area (Å²) in [5.41, 5.74) is 1.04. The summed E-state index contributed by atoms with van der Waals surface area (Å²) >= 11 is 0. The molecule has 2 aliphatic heterocycles. The third-order valence-corrected chi connectivity index (χ3v) is 3.58. The predicted molar refractivity (Wildman–Crippen MR) is 69.2 cm³/mol. The maximum Gasteiger partial charge on any atom is 0.325 e. The van der Waals surface area contributed by atoms with Gasteiger partial charge in [-0.15, -0.1) is 5.06 Å². The first kappa shape index (κ1) is 13.1. The van der Waals surface area contributed by atoms with E-state index in [0.29, 0.717) is 12.8 Å². The van der Waals surface area contributed by atoms with Crippen LogP contribution in [0.4, 0.5) is 0 Å². The van der Waals surface area contributed by atoms with Crippen LogP contribution in [0.1, 0.15) is 12.0 Å². The molecule has 1 aromatic carbocycles. The summed E-state index contributed by atoms with van der Waals surface area (Å²) < 4.78 is 4.84. The number of esters is 1. The molecule has 1 N–H and O–H groups in total. The molecule has 6 heteroatoms. The van der Waals surface area contributed by atoms with E-state index in [1.165, 1.54) is 7.11 Å². The molecule has 0 saturated carbocycles. The van der Waals surface area contributed by atoms with Crippen molar-refractivity contribution in [2.45, 2.75) is 31.2 Å². The van der Waals surface area contributed by atoms with Gasteiger partial charge in [-0.3, -0.25) is 14.4 Å². The molecule has 1 aromatic rings. The molecule has 2 saturated heterocycles. The standard InChI is InChI=1S/C14H16N2O4/c1-19-14(18)11(7-9-5-3-2-4-6-9)16-13(20-16)10-8-12(17)15-10/h2-6,10-11,13H,7-8H2,1H3,(H,15,17)/t10-,11-,13?,16?/m0/s1. The first-order chi connectivity index (χ1) is 9.69. The van der Waals surface area contributed by atoms with E-state index in [-0.39, 0.29) is 24.1 Å². The molecular formula is C14H16N2O4. The summed E-state index contributed by atoms with van der Waals surface area (Å²) in [6.07, 6.45) is 0.742. The van der Waals surface area contributed by atoms with Gasteiger partial charge in [0, 0.05) is 6.42 Å². The second-order valence-electron chi connectivity index (χ2n) is 4.96. The number of nitrogens with one attached hydrogen (secondary N) is 1. The molecule has 2 heterocycles. The van der Waals surface area contributed by atoms with Crippen LogP contribution >= 0.6 is 0 Å². The van der Waals surface area contributed by atoms with Crippen molar-refractivity contribution in [3.63, 3.8) is 0 Å². The maximum atomic E-state index is 11.9. The quantitative estimate of drug-likeness (QED) is 0.473. The fourth-order valence-electron chi connectivity index (χ4n) is 2.41. The van der Waals surface area contributed by atoms with Gasteiger partial charge in [0.25, 0.3) is 0 Å². The zero-order chi connectivity index (χ0) is 14.1. The van der Waals surface area contributed by atoms with E-state index in [2.05, 4.69) is 5.32 Å². The molecule has 0 bridgehead atoms. The number of carbonyl (C=O) groups is 2. The van der Waals surface area contributed by atoms with Gasteiger partial charge in [-0.05, 0) is 5.56 Å². The Labute approximate surface area is 116 Å². The number of hydrogen-bond donors (Lipinski definition) is 1. The van der Waals surface area contributed by atoms with Crippen LogP contribution in [0, 0.1) is 0 Å². The van der Waals surface area contributed by atoms with E-state index >= 15 is 0 Å². The molecule has 0 radical (unpaired) electrons. The number of hydroxylamine groups is 2. The minimum absolute atomic E-state index is 0.0168. The van der Waals surface area contributed by atoms with E-state index in [1.807, 2.05) is 30.3 Å². The number of amides is 1. The molecular weight excluding hydrogens is 260 g/mol. The highest BCUT2D eigenvalue weighted by atomic mass is 16.8.